The minimum atomic E-state index is -0.999. The number of epoxide rings is 1. The van der Waals surface area contributed by atoms with E-state index in [-0.39, 0.29) is 12.1 Å². The molecule has 1 heterocycles. The van der Waals surface area contributed by atoms with Gasteiger partial charge in [0.2, 0.25) is 5.60 Å². The summed E-state index contributed by atoms with van der Waals surface area (Å²) < 4.78 is 11.6. The molecular weight excluding hydrogens is 312 g/mol. The molecule has 0 N–H and O–H groups in total. The van der Waals surface area contributed by atoms with Gasteiger partial charge in [-0.05, 0) is 24.5 Å². The molecule has 0 amide bonds. The molecule has 3 nitrogen and oxygen atoms in total. The van der Waals surface area contributed by atoms with E-state index in [1.807, 2.05) is 61.5 Å². The molecular formula is C22H26O3. The molecule has 25 heavy (non-hydrogen) atoms. The Morgan fingerprint density at radius 2 is 1.76 bits per heavy atom. The fourth-order valence-corrected chi connectivity index (χ4v) is 3.17. The number of hydrogen-bond donors (Lipinski definition) is 0. The first-order valence-corrected chi connectivity index (χ1v) is 9.15. The smallest absolute Gasteiger partial charge is 0.346 e. The van der Waals surface area contributed by atoms with Crippen LogP contribution in [-0.4, -0.2) is 12.6 Å². The van der Waals surface area contributed by atoms with Gasteiger partial charge in [0.25, 0.3) is 0 Å². The lowest BCUT2D eigenvalue weighted by molar-refractivity contribution is -0.150. The van der Waals surface area contributed by atoms with Gasteiger partial charge in [0, 0.05) is 0 Å². The van der Waals surface area contributed by atoms with Crippen molar-refractivity contribution >= 4 is 5.97 Å². The van der Waals surface area contributed by atoms with Gasteiger partial charge in [-0.3, -0.25) is 0 Å². The lowest BCUT2D eigenvalue weighted by Gasteiger charge is -2.13. The summed E-state index contributed by atoms with van der Waals surface area (Å²) in [5.74, 6) is -0.277. The highest BCUT2D eigenvalue weighted by Crippen LogP contribution is 2.57. The molecule has 1 fully saturated rings. The zero-order valence-corrected chi connectivity index (χ0v) is 15.0. The van der Waals surface area contributed by atoms with Gasteiger partial charge < -0.3 is 9.47 Å². The zero-order chi connectivity index (χ0) is 17.7. The summed E-state index contributed by atoms with van der Waals surface area (Å²) in [6, 6.07) is 17.8. The van der Waals surface area contributed by atoms with E-state index in [9.17, 15) is 4.79 Å². The van der Waals surface area contributed by atoms with Crippen LogP contribution in [0.1, 0.15) is 55.4 Å². The van der Waals surface area contributed by atoms with Crippen molar-refractivity contribution in [3.8, 4) is 0 Å². The van der Waals surface area contributed by atoms with E-state index < -0.39 is 5.60 Å². The summed E-state index contributed by atoms with van der Waals surface area (Å²) in [7, 11) is 0. The first-order valence-electron chi connectivity index (χ1n) is 9.15. The van der Waals surface area contributed by atoms with Crippen LogP contribution >= 0.6 is 0 Å². The molecule has 132 valence electrons. The second-order valence-electron chi connectivity index (χ2n) is 6.71. The first kappa shape index (κ1) is 17.7. The third-order valence-electron chi connectivity index (χ3n) is 4.73. The Labute approximate surface area is 150 Å². The highest BCUT2D eigenvalue weighted by Gasteiger charge is 2.65. The van der Waals surface area contributed by atoms with E-state index in [2.05, 4.69) is 6.92 Å². The minimum absolute atomic E-state index is 0.277. The van der Waals surface area contributed by atoms with Gasteiger partial charge in [0.1, 0.15) is 6.10 Å². The maximum absolute atomic E-state index is 12.9. The highest BCUT2D eigenvalue weighted by atomic mass is 16.7. The largest absolute Gasteiger partial charge is 0.463 e. The summed E-state index contributed by atoms with van der Waals surface area (Å²) >= 11 is 0. The molecule has 3 heteroatoms. The van der Waals surface area contributed by atoms with Crippen molar-refractivity contribution in [3.05, 3.63) is 71.3 Å². The van der Waals surface area contributed by atoms with Gasteiger partial charge in [0.15, 0.2) is 0 Å². The van der Waals surface area contributed by atoms with E-state index in [4.69, 9.17) is 9.47 Å². The number of rotatable bonds is 8. The Morgan fingerprint density at radius 1 is 1.04 bits per heavy atom. The monoisotopic (exact) mass is 338 g/mol. The fourth-order valence-electron chi connectivity index (χ4n) is 3.17. The lowest BCUT2D eigenvalue weighted by atomic mass is 9.91. The number of carbonyl (C=O) groups is 1. The topological polar surface area (TPSA) is 38.8 Å². The molecule has 0 bridgehead atoms. The van der Waals surface area contributed by atoms with Crippen LogP contribution in [0.15, 0.2) is 54.6 Å². The van der Waals surface area contributed by atoms with E-state index in [1.54, 1.807) is 0 Å². The van der Waals surface area contributed by atoms with Crippen molar-refractivity contribution in [2.75, 3.05) is 6.61 Å². The molecule has 1 aliphatic heterocycles. The van der Waals surface area contributed by atoms with Crippen LogP contribution in [0.5, 0.6) is 0 Å². The summed E-state index contributed by atoms with van der Waals surface area (Å²) in [4.78, 5) is 12.9. The summed E-state index contributed by atoms with van der Waals surface area (Å²) in [5.41, 5.74) is 2.06. The van der Waals surface area contributed by atoms with Gasteiger partial charge in [0.05, 0.1) is 6.61 Å². The van der Waals surface area contributed by atoms with E-state index in [0.29, 0.717) is 6.61 Å². The summed E-state index contributed by atoms with van der Waals surface area (Å²) in [6.45, 7) is 4.67. The fraction of sp³-hybridized carbons (Fsp3) is 0.409. The molecule has 0 spiro atoms. The molecule has 0 aromatic heterocycles. The minimum Gasteiger partial charge on any atom is -0.463 e. The first-order chi connectivity index (χ1) is 12.2. The number of benzene rings is 2. The standard InChI is InChI=1S/C22H26O3/c1-3-4-5-9-16-24-21(23)22(19-10-7-6-8-11-19)20(25-22)18-14-12-17(2)13-15-18/h6-8,10-15,20H,3-5,9,16H2,1-2H3. The van der Waals surface area contributed by atoms with Crippen molar-refractivity contribution in [2.24, 2.45) is 0 Å². The predicted molar refractivity (Wildman–Crippen MR) is 98.2 cm³/mol. The second kappa shape index (κ2) is 7.83. The van der Waals surface area contributed by atoms with Crippen molar-refractivity contribution in [1.82, 2.24) is 0 Å². The van der Waals surface area contributed by atoms with Crippen LogP contribution < -0.4 is 0 Å². The van der Waals surface area contributed by atoms with E-state index in [1.165, 1.54) is 18.4 Å². The van der Waals surface area contributed by atoms with Crippen molar-refractivity contribution in [3.63, 3.8) is 0 Å². The molecule has 2 unspecified atom stereocenters. The van der Waals surface area contributed by atoms with Crippen LogP contribution in [0.2, 0.25) is 0 Å². The van der Waals surface area contributed by atoms with Crippen LogP contribution in [0, 0.1) is 6.92 Å². The quantitative estimate of drug-likeness (QED) is 0.382. The number of hydrogen-bond acceptors (Lipinski definition) is 3. The number of esters is 1. The molecule has 2 aromatic rings. The molecule has 0 aliphatic carbocycles. The molecule has 3 rings (SSSR count). The Hall–Kier alpha value is -2.13. The number of aryl methyl sites for hydroxylation is 1. The number of carbonyl (C=O) groups excluding carboxylic acids is 1. The van der Waals surface area contributed by atoms with E-state index >= 15 is 0 Å². The second-order valence-corrected chi connectivity index (χ2v) is 6.71. The summed E-state index contributed by atoms with van der Waals surface area (Å²) in [5, 5.41) is 0. The molecule has 2 atom stereocenters. The third kappa shape index (κ3) is 3.77. The average molecular weight is 338 g/mol. The normalized spacial score (nSPS) is 21.8. The van der Waals surface area contributed by atoms with Gasteiger partial charge >= 0.3 is 5.97 Å². The van der Waals surface area contributed by atoms with Crippen molar-refractivity contribution in [1.29, 1.82) is 0 Å². The van der Waals surface area contributed by atoms with Gasteiger partial charge in [-0.2, -0.15) is 0 Å². The molecule has 1 aliphatic rings. The lowest BCUT2D eigenvalue weighted by Crippen LogP contribution is -2.26. The number of unbranched alkanes of at least 4 members (excludes halogenated alkanes) is 3. The van der Waals surface area contributed by atoms with Gasteiger partial charge in [-0.15, -0.1) is 0 Å². The number of ether oxygens (including phenoxy) is 2. The van der Waals surface area contributed by atoms with Crippen LogP contribution in [0.4, 0.5) is 0 Å². The van der Waals surface area contributed by atoms with Crippen molar-refractivity contribution in [2.45, 2.75) is 51.2 Å². The van der Waals surface area contributed by atoms with Crippen LogP contribution in [-0.2, 0) is 19.9 Å². The Balaban J connectivity index is 1.76. The molecule has 0 saturated carbocycles. The maximum atomic E-state index is 12.9. The SMILES string of the molecule is CCCCCCOC(=O)C1(c2ccccc2)OC1c1ccc(C)cc1. The Morgan fingerprint density at radius 3 is 2.44 bits per heavy atom. The highest BCUT2D eigenvalue weighted by molar-refractivity contribution is 5.85. The van der Waals surface area contributed by atoms with Gasteiger partial charge in [-0.25, -0.2) is 4.79 Å². The molecule has 2 aromatic carbocycles. The zero-order valence-electron chi connectivity index (χ0n) is 15.0. The van der Waals surface area contributed by atoms with Crippen molar-refractivity contribution < 1.29 is 14.3 Å². The van der Waals surface area contributed by atoms with Crippen LogP contribution in [0.3, 0.4) is 0 Å². The predicted octanol–water partition coefficient (Wildman–Crippen LogP) is 5.09. The summed E-state index contributed by atoms with van der Waals surface area (Å²) in [6.07, 6.45) is 4.05. The third-order valence-corrected chi connectivity index (χ3v) is 4.73. The maximum Gasteiger partial charge on any atom is 0.346 e. The molecule has 0 radical (unpaired) electrons. The average Bonchev–Trinajstić information content (AvgIpc) is 3.40. The van der Waals surface area contributed by atoms with E-state index in [0.717, 1.165) is 24.0 Å². The van der Waals surface area contributed by atoms with Gasteiger partial charge in [-0.1, -0.05) is 86.3 Å². The van der Waals surface area contributed by atoms with Crippen LogP contribution in [0.25, 0.3) is 0 Å². The Kier molecular flexibility index (Phi) is 5.54. The Bertz CT molecular complexity index is 693. The molecule has 1 saturated heterocycles.